The number of nitrogens with zero attached hydrogens (tertiary/aromatic N) is 2. The molecule has 2 saturated heterocycles. The molecule has 0 bridgehead atoms. The summed E-state index contributed by atoms with van der Waals surface area (Å²) < 4.78 is 85.9. The number of halogens is 6. The highest BCUT2D eigenvalue weighted by Crippen LogP contribution is 2.51. The van der Waals surface area contributed by atoms with Crippen LogP contribution in [0, 0.1) is 22.9 Å². The number of alkyl carbamates (subject to hydrolysis) is 1. The van der Waals surface area contributed by atoms with Crippen LogP contribution in [-0.2, 0) is 16.0 Å². The maximum Gasteiger partial charge on any atom is 0.407 e. The average molecular weight is 538 g/mol. The molecule has 12 heteroatoms. The normalized spacial score (nSPS) is 25.2. The van der Waals surface area contributed by atoms with Crippen LogP contribution >= 0.6 is 0 Å². The van der Waals surface area contributed by atoms with Gasteiger partial charge in [0, 0.05) is 43.6 Å². The molecule has 2 amide bonds. The van der Waals surface area contributed by atoms with Crippen molar-refractivity contribution in [2.24, 2.45) is 5.41 Å². The van der Waals surface area contributed by atoms with Gasteiger partial charge in [-0.25, -0.2) is 18.0 Å². The van der Waals surface area contributed by atoms with Crippen molar-refractivity contribution in [1.82, 2.24) is 15.1 Å². The minimum Gasteiger partial charge on any atom is -0.444 e. The van der Waals surface area contributed by atoms with Gasteiger partial charge in [-0.3, -0.25) is 9.69 Å². The summed E-state index contributed by atoms with van der Waals surface area (Å²) in [7, 11) is 0. The zero-order valence-corrected chi connectivity index (χ0v) is 21.6. The van der Waals surface area contributed by atoms with Crippen LogP contribution in [-0.4, -0.2) is 71.3 Å². The summed E-state index contributed by atoms with van der Waals surface area (Å²) in [6, 6.07) is 0.00138. The third-order valence-corrected chi connectivity index (χ3v) is 7.29. The molecule has 2 aliphatic rings. The van der Waals surface area contributed by atoms with E-state index >= 15 is 0 Å². The average Bonchev–Trinajstić information content (AvgIpc) is 3.07. The molecule has 37 heavy (non-hydrogen) atoms. The van der Waals surface area contributed by atoms with E-state index in [1.165, 1.54) is 9.80 Å². The monoisotopic (exact) mass is 537 g/mol. The van der Waals surface area contributed by atoms with E-state index in [-0.39, 0.29) is 31.5 Å². The molecule has 2 fully saturated rings. The Labute approximate surface area is 212 Å². The zero-order valence-electron chi connectivity index (χ0n) is 21.6. The predicted molar refractivity (Wildman–Crippen MR) is 123 cm³/mol. The third kappa shape index (κ3) is 6.69. The Morgan fingerprint density at radius 1 is 1.05 bits per heavy atom. The van der Waals surface area contributed by atoms with Crippen molar-refractivity contribution in [2.45, 2.75) is 77.2 Å². The summed E-state index contributed by atoms with van der Waals surface area (Å²) in [6.45, 7) is 7.90. The van der Waals surface area contributed by atoms with Crippen LogP contribution < -0.4 is 5.32 Å². The maximum atomic E-state index is 14.4. The quantitative estimate of drug-likeness (QED) is 0.418. The predicted octanol–water partition coefficient (Wildman–Crippen LogP) is 4.81. The Kier molecular flexibility index (Phi) is 7.85. The van der Waals surface area contributed by atoms with E-state index in [0.29, 0.717) is 25.1 Å². The summed E-state index contributed by atoms with van der Waals surface area (Å²) in [6.07, 6.45) is -5.45. The van der Waals surface area contributed by atoms with E-state index in [1.54, 1.807) is 27.7 Å². The molecule has 2 heterocycles. The van der Waals surface area contributed by atoms with E-state index in [9.17, 15) is 35.9 Å². The fourth-order valence-electron chi connectivity index (χ4n) is 5.43. The fraction of sp³-hybridized carbons (Fsp3) is 0.680. The first kappa shape index (κ1) is 29.1. The Balaban J connectivity index is 1.81. The second-order valence-electron chi connectivity index (χ2n) is 11.5. The van der Waals surface area contributed by atoms with E-state index in [2.05, 4.69) is 5.32 Å². The number of likely N-dealkylation sites (tertiary alicyclic amines) is 2. The van der Waals surface area contributed by atoms with E-state index < -0.39 is 64.8 Å². The van der Waals surface area contributed by atoms with Gasteiger partial charge in [0.25, 0.3) is 0 Å². The minimum atomic E-state index is -4.38. The first-order valence-corrected chi connectivity index (χ1v) is 12.0. The van der Waals surface area contributed by atoms with E-state index in [0.717, 1.165) is 0 Å². The largest absolute Gasteiger partial charge is 0.444 e. The SMILES string of the molecule is CC(C)(C)OC(=O)N[C@@H](CC(=O)N1CC[C@@]2(C)CN(CC(F)(F)F)C[C@@]12C)Cc1cc(F)c(F)cc1F. The number of amides is 2. The molecule has 2 aliphatic heterocycles. The van der Waals surface area contributed by atoms with Gasteiger partial charge in [-0.15, -0.1) is 0 Å². The van der Waals surface area contributed by atoms with Gasteiger partial charge in [-0.05, 0) is 52.2 Å². The van der Waals surface area contributed by atoms with Crippen LogP contribution in [0.1, 0.15) is 53.0 Å². The van der Waals surface area contributed by atoms with Crippen LogP contribution in [0.3, 0.4) is 0 Å². The molecule has 1 aromatic rings. The van der Waals surface area contributed by atoms with Crippen LogP contribution in [0.5, 0.6) is 0 Å². The maximum absolute atomic E-state index is 14.4. The van der Waals surface area contributed by atoms with Crippen molar-refractivity contribution in [1.29, 1.82) is 0 Å². The van der Waals surface area contributed by atoms with Crippen LogP contribution in [0.4, 0.5) is 31.1 Å². The summed E-state index contributed by atoms with van der Waals surface area (Å²) in [4.78, 5) is 28.7. The molecule has 3 rings (SSSR count). The topological polar surface area (TPSA) is 61.9 Å². The highest BCUT2D eigenvalue weighted by Gasteiger charge is 2.61. The fourth-order valence-corrected chi connectivity index (χ4v) is 5.43. The van der Waals surface area contributed by atoms with Crippen LogP contribution in [0.25, 0.3) is 0 Å². The number of nitrogens with one attached hydrogen (secondary N) is 1. The first-order valence-electron chi connectivity index (χ1n) is 12.0. The van der Waals surface area contributed by atoms with E-state index in [1.807, 2.05) is 6.92 Å². The van der Waals surface area contributed by atoms with Gasteiger partial charge in [0.05, 0.1) is 12.1 Å². The third-order valence-electron chi connectivity index (χ3n) is 7.29. The first-order chi connectivity index (χ1) is 16.8. The number of hydrogen-bond donors (Lipinski definition) is 1. The molecule has 1 aromatic carbocycles. The second-order valence-corrected chi connectivity index (χ2v) is 11.5. The van der Waals surface area contributed by atoms with Gasteiger partial charge in [0.15, 0.2) is 11.6 Å². The molecule has 0 aliphatic carbocycles. The lowest BCUT2D eigenvalue weighted by molar-refractivity contribution is -0.145. The highest BCUT2D eigenvalue weighted by atomic mass is 19.4. The van der Waals surface area contributed by atoms with Crippen molar-refractivity contribution >= 4 is 12.0 Å². The zero-order chi connectivity index (χ0) is 28.0. The Hall–Kier alpha value is -2.50. The van der Waals surface area contributed by atoms with Crippen LogP contribution in [0.15, 0.2) is 12.1 Å². The standard InChI is InChI=1S/C25H33F6N3O3/c1-22(2,3)37-21(36)32-16(8-15-9-18(27)19(28)11-17(15)26)10-20(35)34-7-6-23(4)12-33(13-24(23,34)5)14-25(29,30)31/h9,11,16H,6-8,10,12-14H2,1-5H3,(H,32,36)/t16-,23+,24-/m1/s1. The van der Waals surface area contributed by atoms with Crippen molar-refractivity contribution in [3.63, 3.8) is 0 Å². The Morgan fingerprint density at radius 2 is 1.68 bits per heavy atom. The molecule has 0 saturated carbocycles. The van der Waals surface area contributed by atoms with Crippen molar-refractivity contribution in [3.05, 3.63) is 35.1 Å². The molecule has 3 atom stereocenters. The summed E-state index contributed by atoms with van der Waals surface area (Å²) in [5, 5.41) is 2.51. The van der Waals surface area contributed by atoms with Crippen molar-refractivity contribution < 1.29 is 40.7 Å². The Bertz CT molecular complexity index is 1040. The van der Waals surface area contributed by atoms with Gasteiger partial charge < -0.3 is 15.0 Å². The molecular weight excluding hydrogens is 504 g/mol. The molecule has 0 aromatic heterocycles. The van der Waals surface area contributed by atoms with Gasteiger partial charge in [-0.2, -0.15) is 13.2 Å². The number of benzene rings is 1. The Morgan fingerprint density at radius 3 is 2.27 bits per heavy atom. The molecule has 208 valence electrons. The number of fused-ring (bicyclic) bond motifs is 1. The van der Waals surface area contributed by atoms with Crippen LogP contribution in [0.2, 0.25) is 0 Å². The van der Waals surface area contributed by atoms with Crippen molar-refractivity contribution in [3.8, 4) is 0 Å². The van der Waals surface area contributed by atoms with Gasteiger partial charge in [0.1, 0.15) is 11.4 Å². The number of carbonyl (C=O) groups is 2. The lowest BCUT2D eigenvalue weighted by atomic mass is 9.75. The lowest BCUT2D eigenvalue weighted by Crippen LogP contribution is -2.54. The van der Waals surface area contributed by atoms with Crippen molar-refractivity contribution in [2.75, 3.05) is 26.2 Å². The van der Waals surface area contributed by atoms with E-state index in [4.69, 9.17) is 4.74 Å². The lowest BCUT2D eigenvalue weighted by Gasteiger charge is -2.40. The summed E-state index contributed by atoms with van der Waals surface area (Å²) in [5.41, 5.74) is -2.59. The number of carbonyl (C=O) groups excluding carboxylic acids is 2. The number of alkyl halides is 3. The summed E-state index contributed by atoms with van der Waals surface area (Å²) >= 11 is 0. The van der Waals surface area contributed by atoms with Gasteiger partial charge in [-0.1, -0.05) is 6.92 Å². The molecule has 1 N–H and O–H groups in total. The van der Waals surface area contributed by atoms with Gasteiger partial charge >= 0.3 is 12.3 Å². The smallest absolute Gasteiger partial charge is 0.407 e. The molecular formula is C25H33F6N3O3. The highest BCUT2D eigenvalue weighted by molar-refractivity contribution is 5.79. The molecule has 0 radical (unpaired) electrons. The number of ether oxygens (including phenoxy) is 1. The summed E-state index contributed by atoms with van der Waals surface area (Å²) in [5.74, 6) is -4.15. The second kappa shape index (κ2) is 9.99. The minimum absolute atomic E-state index is 0.0245. The number of hydrogen-bond acceptors (Lipinski definition) is 4. The molecule has 0 unspecified atom stereocenters. The van der Waals surface area contributed by atoms with Gasteiger partial charge in [0.2, 0.25) is 5.91 Å². The molecule has 0 spiro atoms. The molecule has 6 nitrogen and oxygen atoms in total. The number of rotatable bonds is 6.